The number of hydrogen-bond acceptors (Lipinski definition) is 4. The molecule has 2 rings (SSSR count). The molecular formula is C20H29NO5. The first-order valence-electron chi connectivity index (χ1n) is 9.11. The molecule has 1 heterocycles. The molecule has 1 saturated heterocycles. The van der Waals surface area contributed by atoms with Crippen LogP contribution in [0, 0.1) is 0 Å². The summed E-state index contributed by atoms with van der Waals surface area (Å²) in [5.41, 5.74) is 0.430. The maximum atomic E-state index is 12.2. The lowest BCUT2D eigenvalue weighted by Crippen LogP contribution is -2.45. The Morgan fingerprint density at radius 2 is 1.96 bits per heavy atom. The molecule has 0 aromatic heterocycles. The van der Waals surface area contributed by atoms with Gasteiger partial charge in [0.1, 0.15) is 5.60 Å². The topological polar surface area (TPSA) is 76.1 Å². The van der Waals surface area contributed by atoms with Crippen molar-refractivity contribution in [1.82, 2.24) is 4.90 Å². The number of carboxylic acids is 1. The molecule has 0 saturated carbocycles. The lowest BCUT2D eigenvalue weighted by atomic mass is 9.96. The predicted molar refractivity (Wildman–Crippen MR) is 98.2 cm³/mol. The van der Waals surface area contributed by atoms with Gasteiger partial charge in [-0.25, -0.2) is 4.79 Å². The van der Waals surface area contributed by atoms with Crippen LogP contribution in [0.2, 0.25) is 0 Å². The largest absolute Gasteiger partial charge is 0.481 e. The summed E-state index contributed by atoms with van der Waals surface area (Å²) in [7, 11) is 0. The summed E-state index contributed by atoms with van der Waals surface area (Å²) in [6.07, 6.45) is 1.30. The minimum atomic E-state index is -0.846. The molecular weight excluding hydrogens is 334 g/mol. The van der Waals surface area contributed by atoms with Crippen LogP contribution in [0.1, 0.15) is 51.5 Å². The first-order chi connectivity index (χ1) is 12.2. The number of benzene rings is 1. The van der Waals surface area contributed by atoms with Gasteiger partial charge >= 0.3 is 12.1 Å². The Kier molecular flexibility index (Phi) is 7.03. The van der Waals surface area contributed by atoms with E-state index in [2.05, 4.69) is 0 Å². The second-order valence-electron chi connectivity index (χ2n) is 7.73. The molecule has 0 aliphatic carbocycles. The van der Waals surface area contributed by atoms with Gasteiger partial charge in [0.05, 0.1) is 25.7 Å². The monoisotopic (exact) mass is 363 g/mol. The number of ether oxygens (including phenoxy) is 2. The van der Waals surface area contributed by atoms with Gasteiger partial charge in [-0.05, 0) is 39.2 Å². The molecule has 1 amide bonds. The lowest BCUT2D eigenvalue weighted by molar-refractivity contribution is -0.138. The lowest BCUT2D eigenvalue weighted by Gasteiger charge is -2.34. The smallest absolute Gasteiger partial charge is 0.410 e. The van der Waals surface area contributed by atoms with Crippen molar-refractivity contribution in [2.24, 2.45) is 0 Å². The number of aliphatic carboxylic acids is 1. The van der Waals surface area contributed by atoms with Gasteiger partial charge in [-0.3, -0.25) is 4.79 Å². The number of carbonyl (C=O) groups is 2. The Balaban J connectivity index is 1.92. The van der Waals surface area contributed by atoms with Gasteiger partial charge in [0.2, 0.25) is 0 Å². The molecule has 1 aliphatic rings. The van der Waals surface area contributed by atoms with E-state index >= 15 is 0 Å². The van der Waals surface area contributed by atoms with Crippen LogP contribution in [0.25, 0.3) is 0 Å². The van der Waals surface area contributed by atoms with E-state index in [9.17, 15) is 14.7 Å². The minimum absolute atomic E-state index is 0.0204. The zero-order valence-corrected chi connectivity index (χ0v) is 15.8. The van der Waals surface area contributed by atoms with E-state index < -0.39 is 11.6 Å². The highest BCUT2D eigenvalue weighted by molar-refractivity contribution is 5.68. The normalized spacial score (nSPS) is 19.0. The number of piperidine rings is 1. The van der Waals surface area contributed by atoms with Crippen molar-refractivity contribution in [3.63, 3.8) is 0 Å². The summed E-state index contributed by atoms with van der Waals surface area (Å²) < 4.78 is 11.4. The standard InChI is InChI=1S/C20H29NO5/c1-20(2,3)26-19(24)21-11-7-10-17(13-21)25-14-16(12-18(22)23)15-8-5-4-6-9-15/h4-6,8-9,16-17H,7,10-14H2,1-3H3,(H,22,23)/t16?,17-/m1/s1. The van der Waals surface area contributed by atoms with Crippen molar-refractivity contribution in [2.45, 2.75) is 57.7 Å². The van der Waals surface area contributed by atoms with Crippen molar-refractivity contribution < 1.29 is 24.2 Å². The minimum Gasteiger partial charge on any atom is -0.481 e. The number of rotatable bonds is 6. The molecule has 1 aromatic rings. The van der Waals surface area contributed by atoms with Gasteiger partial charge in [-0.2, -0.15) is 0 Å². The van der Waals surface area contributed by atoms with Crippen LogP contribution in [-0.2, 0) is 14.3 Å². The van der Waals surface area contributed by atoms with Crippen LogP contribution >= 0.6 is 0 Å². The van der Waals surface area contributed by atoms with Gasteiger partial charge in [-0.1, -0.05) is 30.3 Å². The van der Waals surface area contributed by atoms with E-state index in [1.54, 1.807) is 4.90 Å². The summed E-state index contributed by atoms with van der Waals surface area (Å²) >= 11 is 0. The van der Waals surface area contributed by atoms with Crippen molar-refractivity contribution >= 4 is 12.1 Å². The van der Waals surface area contributed by atoms with Crippen molar-refractivity contribution in [1.29, 1.82) is 0 Å². The van der Waals surface area contributed by atoms with Crippen LogP contribution in [0.3, 0.4) is 0 Å². The Labute approximate surface area is 155 Å². The first kappa shape index (κ1) is 20.2. The van der Waals surface area contributed by atoms with E-state index in [0.717, 1.165) is 18.4 Å². The number of amides is 1. The van der Waals surface area contributed by atoms with Crippen LogP contribution in [0.4, 0.5) is 4.79 Å². The number of nitrogens with zero attached hydrogens (tertiary/aromatic N) is 1. The molecule has 0 bridgehead atoms. The van der Waals surface area contributed by atoms with Crippen LogP contribution in [0.15, 0.2) is 30.3 Å². The Hall–Kier alpha value is -2.08. The summed E-state index contributed by atoms with van der Waals surface area (Å²) in [5, 5.41) is 9.18. The van der Waals surface area contributed by atoms with E-state index in [1.807, 2.05) is 51.1 Å². The third-order valence-electron chi connectivity index (χ3n) is 4.25. The van der Waals surface area contributed by atoms with Crippen molar-refractivity contribution in [3.8, 4) is 0 Å². The van der Waals surface area contributed by atoms with Crippen LogP contribution in [-0.4, -0.2) is 53.5 Å². The number of carboxylic acid groups (broad SMARTS) is 1. The average molecular weight is 363 g/mol. The Morgan fingerprint density at radius 3 is 2.58 bits per heavy atom. The van der Waals surface area contributed by atoms with Crippen molar-refractivity contribution in [2.75, 3.05) is 19.7 Å². The summed E-state index contributed by atoms with van der Waals surface area (Å²) in [6.45, 7) is 7.00. The van der Waals surface area contributed by atoms with Crippen molar-refractivity contribution in [3.05, 3.63) is 35.9 Å². The molecule has 2 atom stereocenters. The molecule has 6 nitrogen and oxygen atoms in total. The highest BCUT2D eigenvalue weighted by Gasteiger charge is 2.28. The quantitative estimate of drug-likeness (QED) is 0.835. The highest BCUT2D eigenvalue weighted by Crippen LogP contribution is 2.23. The molecule has 1 fully saturated rings. The second kappa shape index (κ2) is 9.03. The highest BCUT2D eigenvalue weighted by atomic mass is 16.6. The van der Waals surface area contributed by atoms with E-state index in [0.29, 0.717) is 19.7 Å². The molecule has 1 aromatic carbocycles. The van der Waals surface area contributed by atoms with Gasteiger partial charge < -0.3 is 19.5 Å². The molecule has 6 heteroatoms. The Bertz CT molecular complexity index is 596. The zero-order valence-electron chi connectivity index (χ0n) is 15.8. The Morgan fingerprint density at radius 1 is 1.27 bits per heavy atom. The summed E-state index contributed by atoms with van der Waals surface area (Å²) in [4.78, 5) is 25.1. The predicted octanol–water partition coefficient (Wildman–Crippen LogP) is 3.66. The van der Waals surface area contributed by atoms with Gasteiger partial charge in [0, 0.05) is 12.5 Å². The summed E-state index contributed by atoms with van der Waals surface area (Å²) in [5.74, 6) is -1.05. The molecule has 1 unspecified atom stereocenters. The van der Waals surface area contributed by atoms with Crippen LogP contribution in [0.5, 0.6) is 0 Å². The fourth-order valence-corrected chi connectivity index (χ4v) is 3.03. The molecule has 144 valence electrons. The molecule has 0 spiro atoms. The molecule has 1 aliphatic heterocycles. The third-order valence-corrected chi connectivity index (χ3v) is 4.25. The van der Waals surface area contributed by atoms with Gasteiger partial charge in [-0.15, -0.1) is 0 Å². The van der Waals surface area contributed by atoms with E-state index in [1.165, 1.54) is 0 Å². The third kappa shape index (κ3) is 6.67. The van der Waals surface area contributed by atoms with Crippen LogP contribution < -0.4 is 0 Å². The maximum Gasteiger partial charge on any atom is 0.410 e. The first-order valence-corrected chi connectivity index (χ1v) is 9.11. The molecule has 1 N–H and O–H groups in total. The fraction of sp³-hybridized carbons (Fsp3) is 0.600. The second-order valence-corrected chi connectivity index (χ2v) is 7.73. The fourth-order valence-electron chi connectivity index (χ4n) is 3.03. The maximum absolute atomic E-state index is 12.2. The van der Waals surface area contributed by atoms with E-state index in [-0.39, 0.29) is 24.5 Å². The zero-order chi connectivity index (χ0) is 19.2. The SMILES string of the molecule is CC(C)(C)OC(=O)N1CCC[C@@H](OCC(CC(=O)O)c2ccccc2)C1. The average Bonchev–Trinajstić information content (AvgIpc) is 2.58. The number of carbonyl (C=O) groups excluding carboxylic acids is 1. The van der Waals surface area contributed by atoms with Gasteiger partial charge in [0.15, 0.2) is 0 Å². The number of likely N-dealkylation sites (tertiary alicyclic amines) is 1. The van der Waals surface area contributed by atoms with E-state index in [4.69, 9.17) is 9.47 Å². The number of hydrogen-bond donors (Lipinski definition) is 1. The molecule has 0 radical (unpaired) electrons. The van der Waals surface area contributed by atoms with Gasteiger partial charge in [0.25, 0.3) is 0 Å². The molecule has 26 heavy (non-hydrogen) atoms. The summed E-state index contributed by atoms with van der Waals surface area (Å²) in [6, 6.07) is 9.54.